The van der Waals surface area contributed by atoms with E-state index in [0.29, 0.717) is 11.4 Å². The number of anilines is 2. The molecule has 0 unspecified atom stereocenters. The third kappa shape index (κ3) is 3.72. The average Bonchev–Trinajstić information content (AvgIpc) is 2.41. The molecule has 5 N–H and O–H groups in total. The Kier molecular flexibility index (Phi) is 4.17. The number of nitrogens with two attached hydrogens (primary N) is 2. The molecular formula is C13H12ClN3O3S. The van der Waals surface area contributed by atoms with Crippen LogP contribution in [0.25, 0.3) is 0 Å². The van der Waals surface area contributed by atoms with Crippen LogP contribution < -0.4 is 16.2 Å². The Hall–Kier alpha value is -2.09. The zero-order chi connectivity index (χ0) is 15.6. The standard InChI is InChI=1S/C13H12ClN3O3S/c14-12-6-1-8(15)7-11(12)13(18)17-9-2-4-10(5-3-9)21(16,19)20/h1-7H,15H2,(H,17,18)(H2,16,19,20). The zero-order valence-electron chi connectivity index (χ0n) is 10.7. The molecule has 0 heterocycles. The molecule has 0 aliphatic heterocycles. The number of rotatable bonds is 3. The lowest BCUT2D eigenvalue weighted by molar-refractivity contribution is 0.102. The van der Waals surface area contributed by atoms with Crippen LogP contribution in [0.5, 0.6) is 0 Å². The van der Waals surface area contributed by atoms with Gasteiger partial charge in [-0.3, -0.25) is 4.79 Å². The first-order valence-electron chi connectivity index (χ1n) is 5.76. The normalized spacial score (nSPS) is 11.1. The van der Waals surface area contributed by atoms with Gasteiger partial charge in [-0.1, -0.05) is 11.6 Å². The fourth-order valence-electron chi connectivity index (χ4n) is 1.64. The predicted octanol–water partition coefficient (Wildman–Crippen LogP) is 1.82. The molecule has 0 saturated heterocycles. The molecule has 0 saturated carbocycles. The molecule has 0 fully saturated rings. The van der Waals surface area contributed by atoms with Crippen LogP contribution in [0.2, 0.25) is 5.02 Å². The predicted molar refractivity (Wildman–Crippen MR) is 81.6 cm³/mol. The van der Waals surface area contributed by atoms with Gasteiger partial charge in [0, 0.05) is 11.4 Å². The van der Waals surface area contributed by atoms with E-state index >= 15 is 0 Å². The molecular weight excluding hydrogens is 314 g/mol. The maximum atomic E-state index is 12.1. The average molecular weight is 326 g/mol. The van der Waals surface area contributed by atoms with E-state index in [0.717, 1.165) is 0 Å². The molecule has 21 heavy (non-hydrogen) atoms. The van der Waals surface area contributed by atoms with E-state index in [2.05, 4.69) is 5.32 Å². The second kappa shape index (κ2) is 5.72. The Balaban J connectivity index is 2.22. The lowest BCUT2D eigenvalue weighted by atomic mass is 10.2. The quantitative estimate of drug-likeness (QED) is 0.746. The van der Waals surface area contributed by atoms with Crippen LogP contribution in [-0.4, -0.2) is 14.3 Å². The fourth-order valence-corrected chi connectivity index (χ4v) is 2.36. The molecule has 0 spiro atoms. The number of amides is 1. The first kappa shape index (κ1) is 15.3. The molecule has 0 aliphatic carbocycles. The highest BCUT2D eigenvalue weighted by atomic mass is 35.5. The van der Waals surface area contributed by atoms with Gasteiger partial charge in [-0.2, -0.15) is 0 Å². The van der Waals surface area contributed by atoms with Crippen LogP contribution in [0.15, 0.2) is 47.4 Å². The van der Waals surface area contributed by atoms with Crippen LogP contribution in [0.1, 0.15) is 10.4 Å². The smallest absolute Gasteiger partial charge is 0.257 e. The SMILES string of the molecule is Nc1ccc(Cl)c(C(=O)Nc2ccc(S(N)(=O)=O)cc2)c1. The maximum absolute atomic E-state index is 12.1. The van der Waals surface area contributed by atoms with Crippen molar-refractivity contribution in [2.75, 3.05) is 11.1 Å². The molecule has 6 nitrogen and oxygen atoms in total. The van der Waals surface area contributed by atoms with Crippen LogP contribution in [0.3, 0.4) is 0 Å². The molecule has 2 aromatic carbocycles. The van der Waals surface area contributed by atoms with Crippen molar-refractivity contribution >= 4 is 38.9 Å². The minimum absolute atomic E-state index is 0.0394. The Morgan fingerprint density at radius 2 is 1.71 bits per heavy atom. The van der Waals surface area contributed by atoms with Gasteiger partial charge in [0.25, 0.3) is 5.91 Å². The molecule has 2 aromatic rings. The van der Waals surface area contributed by atoms with Crippen molar-refractivity contribution in [1.29, 1.82) is 0 Å². The summed E-state index contributed by atoms with van der Waals surface area (Å²) in [7, 11) is -3.76. The minimum Gasteiger partial charge on any atom is -0.399 e. The van der Waals surface area contributed by atoms with Gasteiger partial charge in [0.05, 0.1) is 15.5 Å². The summed E-state index contributed by atoms with van der Waals surface area (Å²) in [6, 6.07) is 10.0. The number of halogens is 1. The summed E-state index contributed by atoms with van der Waals surface area (Å²) < 4.78 is 22.3. The molecule has 0 radical (unpaired) electrons. The van der Waals surface area contributed by atoms with Gasteiger partial charge in [0.1, 0.15) is 0 Å². The lowest BCUT2D eigenvalue weighted by Gasteiger charge is -2.08. The van der Waals surface area contributed by atoms with E-state index in [1.54, 1.807) is 6.07 Å². The number of benzene rings is 2. The molecule has 110 valence electrons. The highest BCUT2D eigenvalue weighted by molar-refractivity contribution is 7.89. The molecule has 0 bridgehead atoms. The number of nitrogens with one attached hydrogen (secondary N) is 1. The first-order valence-corrected chi connectivity index (χ1v) is 7.69. The number of hydrogen-bond acceptors (Lipinski definition) is 4. The second-order valence-corrected chi connectivity index (χ2v) is 6.23. The number of carbonyl (C=O) groups is 1. The van der Waals surface area contributed by atoms with Crippen molar-refractivity contribution in [1.82, 2.24) is 0 Å². The monoisotopic (exact) mass is 325 g/mol. The van der Waals surface area contributed by atoms with Crippen LogP contribution in [-0.2, 0) is 10.0 Å². The second-order valence-electron chi connectivity index (χ2n) is 4.26. The van der Waals surface area contributed by atoms with Gasteiger partial charge in [0.15, 0.2) is 0 Å². The fraction of sp³-hybridized carbons (Fsp3) is 0. The van der Waals surface area contributed by atoms with Gasteiger partial charge < -0.3 is 11.1 Å². The zero-order valence-corrected chi connectivity index (χ0v) is 12.3. The van der Waals surface area contributed by atoms with Crippen molar-refractivity contribution in [2.24, 2.45) is 5.14 Å². The van der Waals surface area contributed by atoms with E-state index < -0.39 is 15.9 Å². The number of sulfonamides is 1. The largest absolute Gasteiger partial charge is 0.399 e. The number of nitrogen functional groups attached to an aromatic ring is 1. The lowest BCUT2D eigenvalue weighted by Crippen LogP contribution is -2.14. The van der Waals surface area contributed by atoms with Gasteiger partial charge in [-0.05, 0) is 42.5 Å². The minimum atomic E-state index is -3.76. The van der Waals surface area contributed by atoms with Crippen molar-refractivity contribution in [3.63, 3.8) is 0 Å². The Bertz CT molecular complexity index is 789. The van der Waals surface area contributed by atoms with Crippen LogP contribution in [0.4, 0.5) is 11.4 Å². The van der Waals surface area contributed by atoms with Gasteiger partial charge in [-0.15, -0.1) is 0 Å². The highest BCUT2D eigenvalue weighted by Gasteiger charge is 2.12. The van der Waals surface area contributed by atoms with E-state index in [9.17, 15) is 13.2 Å². The first-order chi connectivity index (χ1) is 9.77. The number of hydrogen-bond donors (Lipinski definition) is 3. The number of carbonyl (C=O) groups excluding carboxylic acids is 1. The van der Waals surface area contributed by atoms with E-state index in [1.807, 2.05) is 0 Å². The molecule has 0 aliphatic rings. The third-order valence-electron chi connectivity index (χ3n) is 2.68. The van der Waals surface area contributed by atoms with Crippen molar-refractivity contribution in [3.05, 3.63) is 53.1 Å². The van der Waals surface area contributed by atoms with Crippen LogP contribution >= 0.6 is 11.6 Å². The topological polar surface area (TPSA) is 115 Å². The Labute approximate surface area is 126 Å². The molecule has 8 heteroatoms. The molecule has 0 atom stereocenters. The van der Waals surface area contributed by atoms with Crippen molar-refractivity contribution in [2.45, 2.75) is 4.90 Å². The number of primary sulfonamides is 1. The summed E-state index contributed by atoms with van der Waals surface area (Å²) in [6.07, 6.45) is 0. The summed E-state index contributed by atoms with van der Waals surface area (Å²) in [4.78, 5) is 12.0. The summed E-state index contributed by atoms with van der Waals surface area (Å²) in [5, 5.41) is 7.85. The van der Waals surface area contributed by atoms with Gasteiger partial charge in [0.2, 0.25) is 10.0 Å². The summed E-state index contributed by atoms with van der Waals surface area (Å²) in [5.74, 6) is -0.448. The van der Waals surface area contributed by atoms with Crippen molar-refractivity contribution in [3.8, 4) is 0 Å². The van der Waals surface area contributed by atoms with Crippen LogP contribution in [0, 0.1) is 0 Å². The van der Waals surface area contributed by atoms with E-state index in [-0.39, 0.29) is 15.5 Å². The Morgan fingerprint density at radius 3 is 2.29 bits per heavy atom. The molecule has 1 amide bonds. The maximum Gasteiger partial charge on any atom is 0.257 e. The van der Waals surface area contributed by atoms with E-state index in [4.69, 9.17) is 22.5 Å². The molecule has 0 aromatic heterocycles. The van der Waals surface area contributed by atoms with Gasteiger partial charge >= 0.3 is 0 Å². The summed E-state index contributed by atoms with van der Waals surface area (Å²) in [6.45, 7) is 0. The molecule has 2 rings (SSSR count). The summed E-state index contributed by atoms with van der Waals surface area (Å²) in [5.41, 5.74) is 6.66. The highest BCUT2D eigenvalue weighted by Crippen LogP contribution is 2.21. The van der Waals surface area contributed by atoms with E-state index in [1.165, 1.54) is 36.4 Å². The van der Waals surface area contributed by atoms with Gasteiger partial charge in [-0.25, -0.2) is 13.6 Å². The Morgan fingerprint density at radius 1 is 1.10 bits per heavy atom. The summed E-state index contributed by atoms with van der Waals surface area (Å²) >= 11 is 5.93. The third-order valence-corrected chi connectivity index (χ3v) is 3.93. The van der Waals surface area contributed by atoms with Crippen molar-refractivity contribution < 1.29 is 13.2 Å².